The second kappa shape index (κ2) is 6.44. The quantitative estimate of drug-likeness (QED) is 0.904. The zero-order chi connectivity index (χ0) is 13.8. The van der Waals surface area contributed by atoms with Crippen LogP contribution in [0.25, 0.3) is 0 Å². The molecular weight excluding hydrogens is 248 g/mol. The van der Waals surface area contributed by atoms with Crippen LogP contribution in [0.1, 0.15) is 38.3 Å². The molecule has 0 radical (unpaired) electrons. The lowest BCUT2D eigenvalue weighted by molar-refractivity contribution is 0.0546. The van der Waals surface area contributed by atoms with Crippen molar-refractivity contribution < 1.29 is 13.5 Å². The first-order chi connectivity index (χ1) is 9.09. The number of rotatable bonds is 4. The van der Waals surface area contributed by atoms with Crippen molar-refractivity contribution in [1.29, 1.82) is 0 Å². The lowest BCUT2D eigenvalue weighted by atomic mass is 9.92. The molecule has 0 amide bonds. The van der Waals surface area contributed by atoms with Crippen LogP contribution in [0, 0.1) is 17.6 Å². The van der Waals surface area contributed by atoms with Crippen LogP contribution < -0.4 is 5.32 Å². The molecule has 0 aromatic heterocycles. The molecule has 1 fully saturated rings. The summed E-state index contributed by atoms with van der Waals surface area (Å²) >= 11 is 0. The predicted octanol–water partition coefficient (Wildman–Crippen LogP) is 3.43. The molecule has 0 spiro atoms. The summed E-state index contributed by atoms with van der Waals surface area (Å²) in [5.74, 6) is -1.00. The van der Waals surface area contributed by atoms with Gasteiger partial charge in [0.1, 0.15) is 0 Å². The summed E-state index contributed by atoms with van der Waals surface area (Å²) in [6.45, 7) is 5.55. The molecule has 2 rings (SSSR count). The van der Waals surface area contributed by atoms with E-state index in [1.165, 1.54) is 0 Å². The van der Waals surface area contributed by atoms with Gasteiger partial charge in [-0.15, -0.1) is 0 Å². The molecule has 0 bridgehead atoms. The fraction of sp³-hybridized carbons (Fsp3) is 0.600. The van der Waals surface area contributed by atoms with Gasteiger partial charge in [0.2, 0.25) is 0 Å². The molecule has 1 aromatic rings. The average molecular weight is 269 g/mol. The van der Waals surface area contributed by atoms with Gasteiger partial charge in [-0.25, -0.2) is 8.78 Å². The molecule has 2 atom stereocenters. The van der Waals surface area contributed by atoms with Crippen LogP contribution in [0.15, 0.2) is 18.2 Å². The SMILES string of the molecule is CC(NC(C)C1CCOCC1)c1cccc(F)c1F. The molecule has 1 heterocycles. The third-order valence-corrected chi connectivity index (χ3v) is 3.93. The molecule has 2 unspecified atom stereocenters. The molecule has 1 aliphatic rings. The van der Waals surface area contributed by atoms with Gasteiger partial charge in [-0.3, -0.25) is 0 Å². The molecule has 1 aliphatic heterocycles. The molecule has 0 saturated carbocycles. The standard InChI is InChI=1S/C15H21F2NO/c1-10(12-6-8-19-9-7-12)18-11(2)13-4-3-5-14(16)15(13)17/h3-5,10-12,18H,6-9H2,1-2H3. The van der Waals surface area contributed by atoms with Crippen molar-refractivity contribution in [2.24, 2.45) is 5.92 Å². The largest absolute Gasteiger partial charge is 0.381 e. The van der Waals surface area contributed by atoms with Gasteiger partial charge in [-0.1, -0.05) is 12.1 Å². The van der Waals surface area contributed by atoms with Gasteiger partial charge >= 0.3 is 0 Å². The van der Waals surface area contributed by atoms with Gasteiger partial charge in [0, 0.05) is 30.9 Å². The van der Waals surface area contributed by atoms with Crippen molar-refractivity contribution in [3.63, 3.8) is 0 Å². The lowest BCUT2D eigenvalue weighted by Crippen LogP contribution is -2.38. The highest BCUT2D eigenvalue weighted by molar-refractivity contribution is 5.22. The van der Waals surface area contributed by atoms with E-state index in [1.54, 1.807) is 12.1 Å². The van der Waals surface area contributed by atoms with Gasteiger partial charge in [0.15, 0.2) is 11.6 Å². The number of hydrogen-bond donors (Lipinski definition) is 1. The van der Waals surface area contributed by atoms with Gasteiger partial charge in [0.25, 0.3) is 0 Å². The summed E-state index contributed by atoms with van der Waals surface area (Å²) in [5, 5.41) is 3.37. The zero-order valence-corrected chi connectivity index (χ0v) is 11.5. The van der Waals surface area contributed by atoms with E-state index in [2.05, 4.69) is 12.2 Å². The Kier molecular flexibility index (Phi) is 4.88. The second-order valence-corrected chi connectivity index (χ2v) is 5.27. The average Bonchev–Trinajstić information content (AvgIpc) is 2.42. The molecule has 0 aliphatic carbocycles. The molecule has 2 nitrogen and oxygen atoms in total. The Bertz CT molecular complexity index is 419. The lowest BCUT2D eigenvalue weighted by Gasteiger charge is -2.31. The first-order valence-corrected chi connectivity index (χ1v) is 6.87. The van der Waals surface area contributed by atoms with Crippen LogP contribution in [0.2, 0.25) is 0 Å². The molecule has 19 heavy (non-hydrogen) atoms. The van der Waals surface area contributed by atoms with Crippen molar-refractivity contribution in [3.8, 4) is 0 Å². The minimum atomic E-state index is -0.787. The van der Waals surface area contributed by atoms with Gasteiger partial charge in [-0.2, -0.15) is 0 Å². The Labute approximate surface area is 113 Å². The van der Waals surface area contributed by atoms with E-state index in [4.69, 9.17) is 4.74 Å². The van der Waals surface area contributed by atoms with E-state index >= 15 is 0 Å². The van der Waals surface area contributed by atoms with E-state index in [1.807, 2.05) is 6.92 Å². The molecule has 1 saturated heterocycles. The van der Waals surface area contributed by atoms with Crippen molar-refractivity contribution in [2.75, 3.05) is 13.2 Å². The van der Waals surface area contributed by atoms with E-state index in [0.717, 1.165) is 32.1 Å². The van der Waals surface area contributed by atoms with Crippen molar-refractivity contribution in [3.05, 3.63) is 35.4 Å². The maximum atomic E-state index is 13.7. The summed E-state index contributed by atoms with van der Waals surface area (Å²) < 4.78 is 32.3. The molecule has 4 heteroatoms. The van der Waals surface area contributed by atoms with Gasteiger partial charge in [0.05, 0.1) is 0 Å². The van der Waals surface area contributed by atoms with E-state index in [0.29, 0.717) is 11.5 Å². The molecule has 106 valence electrons. The Morgan fingerprint density at radius 2 is 1.89 bits per heavy atom. The highest BCUT2D eigenvalue weighted by Gasteiger charge is 2.23. The van der Waals surface area contributed by atoms with Crippen molar-refractivity contribution in [2.45, 2.75) is 38.8 Å². The molecule has 1 aromatic carbocycles. The van der Waals surface area contributed by atoms with Crippen LogP contribution >= 0.6 is 0 Å². The monoisotopic (exact) mass is 269 g/mol. The fourth-order valence-electron chi connectivity index (χ4n) is 2.69. The first kappa shape index (κ1) is 14.4. The van der Waals surface area contributed by atoms with Gasteiger partial charge in [-0.05, 0) is 38.7 Å². The van der Waals surface area contributed by atoms with Crippen molar-refractivity contribution in [1.82, 2.24) is 5.32 Å². The maximum absolute atomic E-state index is 13.7. The van der Waals surface area contributed by atoms with E-state index in [-0.39, 0.29) is 12.1 Å². The van der Waals surface area contributed by atoms with Crippen molar-refractivity contribution >= 4 is 0 Å². The maximum Gasteiger partial charge on any atom is 0.163 e. The number of nitrogens with one attached hydrogen (secondary N) is 1. The Hall–Kier alpha value is -1.00. The predicted molar refractivity (Wildman–Crippen MR) is 70.9 cm³/mol. The first-order valence-electron chi connectivity index (χ1n) is 6.87. The number of halogens is 2. The van der Waals surface area contributed by atoms with Gasteiger partial charge < -0.3 is 10.1 Å². The van der Waals surface area contributed by atoms with E-state index in [9.17, 15) is 8.78 Å². The Balaban J connectivity index is 1.99. The summed E-state index contributed by atoms with van der Waals surface area (Å²) in [6.07, 6.45) is 2.04. The minimum absolute atomic E-state index is 0.200. The minimum Gasteiger partial charge on any atom is -0.381 e. The zero-order valence-electron chi connectivity index (χ0n) is 11.5. The highest BCUT2D eigenvalue weighted by atomic mass is 19.2. The second-order valence-electron chi connectivity index (χ2n) is 5.27. The smallest absolute Gasteiger partial charge is 0.163 e. The number of ether oxygens (including phenoxy) is 1. The number of benzene rings is 1. The summed E-state index contributed by atoms with van der Waals surface area (Å²) in [6, 6.07) is 4.39. The fourth-order valence-corrected chi connectivity index (χ4v) is 2.69. The summed E-state index contributed by atoms with van der Waals surface area (Å²) in [4.78, 5) is 0. The Morgan fingerprint density at radius 1 is 1.21 bits per heavy atom. The normalized spacial score (nSPS) is 20.2. The highest BCUT2D eigenvalue weighted by Crippen LogP contribution is 2.23. The molecule has 1 N–H and O–H groups in total. The van der Waals surface area contributed by atoms with E-state index < -0.39 is 11.6 Å². The summed E-state index contributed by atoms with van der Waals surface area (Å²) in [7, 11) is 0. The van der Waals surface area contributed by atoms with Crippen LogP contribution in [0.5, 0.6) is 0 Å². The van der Waals surface area contributed by atoms with Crippen LogP contribution in [-0.2, 0) is 4.74 Å². The number of hydrogen-bond acceptors (Lipinski definition) is 2. The third-order valence-electron chi connectivity index (χ3n) is 3.93. The van der Waals surface area contributed by atoms with Crippen LogP contribution in [0.4, 0.5) is 8.78 Å². The Morgan fingerprint density at radius 3 is 2.58 bits per heavy atom. The summed E-state index contributed by atoms with van der Waals surface area (Å²) in [5.41, 5.74) is 0.388. The topological polar surface area (TPSA) is 21.3 Å². The van der Waals surface area contributed by atoms with Crippen LogP contribution in [-0.4, -0.2) is 19.3 Å². The van der Waals surface area contributed by atoms with Crippen LogP contribution in [0.3, 0.4) is 0 Å². The molecular formula is C15H21F2NO. The third kappa shape index (κ3) is 3.51.